The Labute approximate surface area is 123 Å². The number of thioether (sulfide) groups is 1. The first-order chi connectivity index (χ1) is 9.81. The summed E-state index contributed by atoms with van der Waals surface area (Å²) in [6.07, 6.45) is 2.89. The van der Waals surface area contributed by atoms with E-state index in [2.05, 4.69) is 32.8 Å². The van der Waals surface area contributed by atoms with Gasteiger partial charge in [-0.3, -0.25) is 0 Å². The van der Waals surface area contributed by atoms with Crippen molar-refractivity contribution in [2.45, 2.75) is 36.7 Å². The van der Waals surface area contributed by atoms with Crippen molar-refractivity contribution in [2.75, 3.05) is 39.0 Å². The topological polar surface area (TPSA) is 68.1 Å². The second kappa shape index (κ2) is 6.84. The SMILES string of the molecule is CN1CCOC(CSc2nnnn2CCNC2CC2)C1. The van der Waals surface area contributed by atoms with E-state index in [4.69, 9.17) is 4.74 Å². The van der Waals surface area contributed by atoms with Crippen LogP contribution < -0.4 is 5.32 Å². The van der Waals surface area contributed by atoms with Gasteiger partial charge in [-0.15, -0.1) is 5.10 Å². The van der Waals surface area contributed by atoms with Gasteiger partial charge in [0.1, 0.15) is 0 Å². The van der Waals surface area contributed by atoms with Crippen LogP contribution in [0.3, 0.4) is 0 Å². The third-order valence-corrected chi connectivity index (χ3v) is 4.66. The van der Waals surface area contributed by atoms with Gasteiger partial charge in [0.2, 0.25) is 5.16 Å². The lowest BCUT2D eigenvalue weighted by Gasteiger charge is -2.29. The third kappa shape index (κ3) is 4.15. The lowest BCUT2D eigenvalue weighted by molar-refractivity contribution is -0.00602. The zero-order valence-electron chi connectivity index (χ0n) is 11.9. The number of morpholine rings is 1. The van der Waals surface area contributed by atoms with E-state index >= 15 is 0 Å². The first-order valence-corrected chi connectivity index (χ1v) is 8.22. The standard InChI is InChI=1S/C12H22N6OS/c1-17-6-7-19-11(8-17)9-20-12-14-15-16-18(12)5-4-13-10-2-3-10/h10-11,13H,2-9H2,1H3. The fourth-order valence-electron chi connectivity index (χ4n) is 2.24. The average molecular weight is 298 g/mol. The van der Waals surface area contributed by atoms with Crippen LogP contribution in [-0.4, -0.2) is 76.3 Å². The average Bonchev–Trinajstić information content (AvgIpc) is 3.15. The summed E-state index contributed by atoms with van der Waals surface area (Å²) in [6, 6.07) is 0.730. The van der Waals surface area contributed by atoms with Crippen LogP contribution in [0.4, 0.5) is 0 Å². The van der Waals surface area contributed by atoms with Gasteiger partial charge in [-0.1, -0.05) is 11.8 Å². The molecule has 2 fully saturated rings. The van der Waals surface area contributed by atoms with Crippen molar-refractivity contribution >= 4 is 11.8 Å². The van der Waals surface area contributed by atoms with Crippen LogP contribution in [0.2, 0.25) is 0 Å². The normalized spacial score (nSPS) is 24.1. The minimum atomic E-state index is 0.272. The van der Waals surface area contributed by atoms with E-state index < -0.39 is 0 Å². The number of tetrazole rings is 1. The molecule has 1 unspecified atom stereocenters. The van der Waals surface area contributed by atoms with E-state index in [0.29, 0.717) is 0 Å². The maximum Gasteiger partial charge on any atom is 0.209 e. The highest BCUT2D eigenvalue weighted by Gasteiger charge is 2.21. The highest BCUT2D eigenvalue weighted by molar-refractivity contribution is 7.99. The molecule has 1 N–H and O–H groups in total. The number of likely N-dealkylation sites (N-methyl/N-ethyl adjacent to an activating group) is 1. The van der Waals surface area contributed by atoms with E-state index in [-0.39, 0.29) is 6.10 Å². The molecule has 1 aliphatic heterocycles. The van der Waals surface area contributed by atoms with Crippen LogP contribution in [0.1, 0.15) is 12.8 Å². The molecule has 1 aromatic rings. The minimum Gasteiger partial charge on any atom is -0.375 e. The molecule has 20 heavy (non-hydrogen) atoms. The summed E-state index contributed by atoms with van der Waals surface area (Å²) >= 11 is 1.68. The molecule has 8 heteroatoms. The van der Waals surface area contributed by atoms with Gasteiger partial charge in [-0.2, -0.15) is 0 Å². The van der Waals surface area contributed by atoms with Gasteiger partial charge in [-0.05, 0) is 30.3 Å². The zero-order chi connectivity index (χ0) is 13.8. The third-order valence-electron chi connectivity index (χ3n) is 3.57. The Bertz CT molecular complexity index is 424. The van der Waals surface area contributed by atoms with Gasteiger partial charge in [0.05, 0.1) is 19.3 Å². The highest BCUT2D eigenvalue weighted by Crippen LogP contribution is 2.19. The van der Waals surface area contributed by atoms with Crippen LogP contribution in [0.5, 0.6) is 0 Å². The molecule has 1 saturated heterocycles. The quantitative estimate of drug-likeness (QED) is 0.702. The number of hydrogen-bond acceptors (Lipinski definition) is 7. The van der Waals surface area contributed by atoms with Crippen molar-refractivity contribution < 1.29 is 4.74 Å². The van der Waals surface area contributed by atoms with E-state index in [1.807, 2.05) is 4.68 Å². The van der Waals surface area contributed by atoms with Crippen molar-refractivity contribution in [3.8, 4) is 0 Å². The summed E-state index contributed by atoms with van der Waals surface area (Å²) in [5, 5.41) is 16.3. The molecule has 3 rings (SSSR count). The van der Waals surface area contributed by atoms with Crippen LogP contribution in [-0.2, 0) is 11.3 Å². The highest BCUT2D eigenvalue weighted by atomic mass is 32.2. The van der Waals surface area contributed by atoms with Crippen molar-refractivity contribution in [2.24, 2.45) is 0 Å². The summed E-state index contributed by atoms with van der Waals surface area (Å²) in [5.74, 6) is 0.904. The second-order valence-electron chi connectivity index (χ2n) is 5.48. The molecular formula is C12H22N6OS. The van der Waals surface area contributed by atoms with Gasteiger partial charge in [0.15, 0.2) is 0 Å². The maximum absolute atomic E-state index is 5.75. The summed E-state index contributed by atoms with van der Waals surface area (Å²) in [5.41, 5.74) is 0. The monoisotopic (exact) mass is 298 g/mol. The fraction of sp³-hybridized carbons (Fsp3) is 0.917. The van der Waals surface area contributed by atoms with Crippen LogP contribution in [0, 0.1) is 0 Å². The first-order valence-electron chi connectivity index (χ1n) is 7.24. The van der Waals surface area contributed by atoms with Gasteiger partial charge >= 0.3 is 0 Å². The van der Waals surface area contributed by atoms with E-state index in [1.54, 1.807) is 11.8 Å². The van der Waals surface area contributed by atoms with Crippen molar-refractivity contribution in [1.82, 2.24) is 30.4 Å². The van der Waals surface area contributed by atoms with Crippen molar-refractivity contribution in [3.05, 3.63) is 0 Å². The molecule has 1 aliphatic carbocycles. The molecule has 0 bridgehead atoms. The molecule has 2 aliphatic rings. The summed E-state index contributed by atoms with van der Waals surface area (Å²) in [6.45, 7) is 4.59. The Hall–Kier alpha value is -0.700. The maximum atomic E-state index is 5.75. The Balaban J connectivity index is 1.43. The summed E-state index contributed by atoms with van der Waals surface area (Å²) in [4.78, 5) is 2.30. The number of nitrogens with one attached hydrogen (secondary N) is 1. The van der Waals surface area contributed by atoms with Gasteiger partial charge in [0.25, 0.3) is 0 Å². The number of nitrogens with zero attached hydrogens (tertiary/aromatic N) is 5. The molecule has 2 heterocycles. The van der Waals surface area contributed by atoms with Crippen molar-refractivity contribution in [1.29, 1.82) is 0 Å². The van der Waals surface area contributed by atoms with E-state index in [1.165, 1.54) is 12.8 Å². The molecule has 1 atom stereocenters. The Morgan fingerprint density at radius 2 is 2.35 bits per heavy atom. The van der Waals surface area contributed by atoms with Gasteiger partial charge in [0, 0.05) is 31.4 Å². The molecule has 112 valence electrons. The van der Waals surface area contributed by atoms with E-state index in [9.17, 15) is 0 Å². The van der Waals surface area contributed by atoms with Crippen molar-refractivity contribution in [3.63, 3.8) is 0 Å². The molecule has 0 spiro atoms. The number of rotatable bonds is 7. The smallest absolute Gasteiger partial charge is 0.209 e. The number of hydrogen-bond donors (Lipinski definition) is 1. The molecule has 0 radical (unpaired) electrons. The fourth-order valence-corrected chi connectivity index (χ4v) is 3.14. The summed E-state index contributed by atoms with van der Waals surface area (Å²) in [7, 11) is 2.13. The van der Waals surface area contributed by atoms with Crippen LogP contribution in [0.15, 0.2) is 5.16 Å². The summed E-state index contributed by atoms with van der Waals surface area (Å²) < 4.78 is 7.64. The predicted octanol–water partition coefficient (Wildman–Crippen LogP) is -0.152. The van der Waals surface area contributed by atoms with Crippen LogP contribution >= 0.6 is 11.8 Å². The Morgan fingerprint density at radius 1 is 1.45 bits per heavy atom. The largest absolute Gasteiger partial charge is 0.375 e. The van der Waals surface area contributed by atoms with E-state index in [0.717, 1.165) is 49.7 Å². The Kier molecular flexibility index (Phi) is 4.87. The predicted molar refractivity (Wildman–Crippen MR) is 76.8 cm³/mol. The molecule has 0 amide bonds. The molecular weight excluding hydrogens is 276 g/mol. The Morgan fingerprint density at radius 3 is 3.15 bits per heavy atom. The minimum absolute atomic E-state index is 0.272. The lowest BCUT2D eigenvalue weighted by Crippen LogP contribution is -2.41. The number of ether oxygens (including phenoxy) is 1. The second-order valence-corrected chi connectivity index (χ2v) is 6.47. The van der Waals surface area contributed by atoms with Gasteiger partial charge in [-0.25, -0.2) is 4.68 Å². The first kappa shape index (κ1) is 14.2. The molecule has 1 aromatic heterocycles. The molecule has 7 nitrogen and oxygen atoms in total. The number of aromatic nitrogens is 4. The lowest BCUT2D eigenvalue weighted by atomic mass is 10.3. The molecule has 1 saturated carbocycles. The molecule has 0 aromatic carbocycles. The van der Waals surface area contributed by atoms with Gasteiger partial charge < -0.3 is 15.0 Å². The zero-order valence-corrected chi connectivity index (χ0v) is 12.7. The van der Waals surface area contributed by atoms with Crippen LogP contribution in [0.25, 0.3) is 0 Å².